The van der Waals surface area contributed by atoms with Crippen molar-refractivity contribution in [2.75, 3.05) is 33.4 Å². The zero-order valence-electron chi connectivity index (χ0n) is 11.2. The Morgan fingerprint density at radius 1 is 1.47 bits per heavy atom. The van der Waals surface area contributed by atoms with Crippen LogP contribution >= 0.6 is 0 Å². The molecular formula is C12H20N2O5. The Labute approximate surface area is 111 Å². The second-order valence-corrected chi connectivity index (χ2v) is 5.40. The SMILES string of the molecule is CO[C@@H]1COC[C@@H]1NC(=O)N1CCC(C)(C(=O)O)C1. The third kappa shape index (κ3) is 2.82. The molecule has 0 aromatic carbocycles. The summed E-state index contributed by atoms with van der Waals surface area (Å²) in [5.41, 5.74) is -0.843. The first-order valence-corrected chi connectivity index (χ1v) is 6.35. The Morgan fingerprint density at radius 2 is 2.21 bits per heavy atom. The fourth-order valence-corrected chi connectivity index (χ4v) is 2.46. The summed E-state index contributed by atoms with van der Waals surface area (Å²) in [4.78, 5) is 24.8. The van der Waals surface area contributed by atoms with Crippen LogP contribution in [0.4, 0.5) is 4.79 Å². The molecule has 0 spiro atoms. The number of nitrogens with one attached hydrogen (secondary N) is 1. The molecule has 0 bridgehead atoms. The van der Waals surface area contributed by atoms with Crippen LogP contribution in [0.15, 0.2) is 0 Å². The van der Waals surface area contributed by atoms with E-state index in [0.29, 0.717) is 26.2 Å². The van der Waals surface area contributed by atoms with Crippen LogP contribution < -0.4 is 5.32 Å². The second kappa shape index (κ2) is 5.34. The van der Waals surface area contributed by atoms with Gasteiger partial charge in [0.1, 0.15) is 6.10 Å². The standard InChI is InChI=1S/C12H20N2O5/c1-12(10(15)16)3-4-14(7-12)11(17)13-8-5-19-6-9(8)18-2/h8-9H,3-7H2,1-2H3,(H,13,17)(H,15,16)/t8-,9+,12?/m0/s1. The Hall–Kier alpha value is -1.34. The number of hydrogen-bond acceptors (Lipinski definition) is 4. The average Bonchev–Trinajstić information content (AvgIpc) is 2.96. The number of nitrogens with zero attached hydrogens (tertiary/aromatic N) is 1. The van der Waals surface area contributed by atoms with Gasteiger partial charge >= 0.3 is 12.0 Å². The van der Waals surface area contributed by atoms with Gasteiger partial charge in [-0.1, -0.05) is 0 Å². The molecule has 7 heteroatoms. The molecule has 0 saturated carbocycles. The number of rotatable bonds is 3. The number of amides is 2. The van der Waals surface area contributed by atoms with E-state index in [1.165, 1.54) is 0 Å². The van der Waals surface area contributed by atoms with Crippen molar-refractivity contribution in [1.82, 2.24) is 10.2 Å². The number of likely N-dealkylation sites (tertiary alicyclic amines) is 1. The van der Waals surface area contributed by atoms with Crippen molar-refractivity contribution in [2.24, 2.45) is 5.41 Å². The van der Waals surface area contributed by atoms with Gasteiger partial charge in [0.25, 0.3) is 0 Å². The monoisotopic (exact) mass is 272 g/mol. The van der Waals surface area contributed by atoms with E-state index in [-0.39, 0.29) is 24.7 Å². The van der Waals surface area contributed by atoms with Crippen LogP contribution in [-0.2, 0) is 14.3 Å². The number of hydrogen-bond donors (Lipinski definition) is 2. The van der Waals surface area contributed by atoms with Gasteiger partial charge in [-0.25, -0.2) is 4.79 Å². The normalized spacial score (nSPS) is 34.5. The smallest absolute Gasteiger partial charge is 0.317 e. The highest BCUT2D eigenvalue weighted by molar-refractivity contribution is 5.79. The predicted molar refractivity (Wildman–Crippen MR) is 65.9 cm³/mol. The number of carbonyl (C=O) groups is 2. The van der Waals surface area contributed by atoms with Crippen molar-refractivity contribution < 1.29 is 24.2 Å². The summed E-state index contributed by atoms with van der Waals surface area (Å²) in [7, 11) is 1.58. The minimum absolute atomic E-state index is 0.141. The molecule has 19 heavy (non-hydrogen) atoms. The first-order valence-electron chi connectivity index (χ1n) is 6.35. The van der Waals surface area contributed by atoms with Crippen LogP contribution in [0, 0.1) is 5.41 Å². The van der Waals surface area contributed by atoms with Crippen molar-refractivity contribution in [3.63, 3.8) is 0 Å². The van der Waals surface area contributed by atoms with Crippen LogP contribution in [0.25, 0.3) is 0 Å². The van der Waals surface area contributed by atoms with E-state index in [0.717, 1.165) is 0 Å². The summed E-state index contributed by atoms with van der Waals surface area (Å²) in [5, 5.41) is 12.0. The number of methoxy groups -OCH3 is 1. The minimum Gasteiger partial charge on any atom is -0.481 e. The quantitative estimate of drug-likeness (QED) is 0.749. The molecule has 2 heterocycles. The fraction of sp³-hybridized carbons (Fsp3) is 0.833. The molecule has 0 aromatic rings. The molecule has 2 fully saturated rings. The molecule has 108 valence electrons. The number of ether oxygens (including phenoxy) is 2. The highest BCUT2D eigenvalue weighted by atomic mass is 16.5. The lowest BCUT2D eigenvalue weighted by Crippen LogP contribution is -2.49. The maximum Gasteiger partial charge on any atom is 0.317 e. The molecule has 2 amide bonds. The highest BCUT2D eigenvalue weighted by Crippen LogP contribution is 2.30. The van der Waals surface area contributed by atoms with Crippen LogP contribution in [0.3, 0.4) is 0 Å². The lowest BCUT2D eigenvalue weighted by atomic mass is 9.90. The Bertz CT molecular complexity index is 375. The average molecular weight is 272 g/mol. The lowest BCUT2D eigenvalue weighted by molar-refractivity contribution is -0.147. The largest absolute Gasteiger partial charge is 0.481 e. The van der Waals surface area contributed by atoms with Crippen molar-refractivity contribution >= 4 is 12.0 Å². The van der Waals surface area contributed by atoms with Crippen LogP contribution in [-0.4, -0.2) is 67.6 Å². The molecular weight excluding hydrogens is 252 g/mol. The second-order valence-electron chi connectivity index (χ2n) is 5.40. The molecule has 2 N–H and O–H groups in total. The molecule has 0 aromatic heterocycles. The summed E-state index contributed by atoms with van der Waals surface area (Å²) < 4.78 is 10.5. The maximum absolute atomic E-state index is 12.1. The van der Waals surface area contributed by atoms with E-state index in [1.807, 2.05) is 0 Å². The van der Waals surface area contributed by atoms with Gasteiger partial charge in [0, 0.05) is 20.2 Å². The van der Waals surface area contributed by atoms with Gasteiger partial charge in [-0.2, -0.15) is 0 Å². The Kier molecular flexibility index (Phi) is 3.96. The number of urea groups is 1. The predicted octanol–water partition coefficient (Wildman–Crippen LogP) is -0.0936. The van der Waals surface area contributed by atoms with Crippen molar-refractivity contribution in [2.45, 2.75) is 25.5 Å². The number of carboxylic acid groups (broad SMARTS) is 1. The molecule has 3 atom stereocenters. The third-order valence-electron chi connectivity index (χ3n) is 3.92. The van der Waals surface area contributed by atoms with Gasteiger partial charge in [0.15, 0.2) is 0 Å². The molecule has 0 aliphatic carbocycles. The van der Waals surface area contributed by atoms with E-state index in [1.54, 1.807) is 18.9 Å². The molecule has 0 radical (unpaired) electrons. The zero-order chi connectivity index (χ0) is 14.0. The number of aliphatic carboxylic acids is 1. The number of carbonyl (C=O) groups excluding carboxylic acids is 1. The van der Waals surface area contributed by atoms with Gasteiger partial charge in [0.05, 0.1) is 24.7 Å². The molecule has 2 aliphatic heterocycles. The summed E-state index contributed by atoms with van der Waals surface area (Å²) in [5.74, 6) is -0.859. The van der Waals surface area contributed by atoms with E-state index in [4.69, 9.17) is 14.6 Å². The van der Waals surface area contributed by atoms with E-state index in [2.05, 4.69) is 5.32 Å². The highest BCUT2D eigenvalue weighted by Gasteiger charge is 2.43. The third-order valence-corrected chi connectivity index (χ3v) is 3.92. The van der Waals surface area contributed by atoms with Crippen molar-refractivity contribution in [3.8, 4) is 0 Å². The van der Waals surface area contributed by atoms with Gasteiger partial charge in [-0.05, 0) is 13.3 Å². The van der Waals surface area contributed by atoms with Crippen LogP contribution in [0.1, 0.15) is 13.3 Å². The molecule has 1 unspecified atom stereocenters. The van der Waals surface area contributed by atoms with E-state index >= 15 is 0 Å². The van der Waals surface area contributed by atoms with Gasteiger partial charge in [-0.15, -0.1) is 0 Å². The Morgan fingerprint density at radius 3 is 2.79 bits per heavy atom. The van der Waals surface area contributed by atoms with Crippen LogP contribution in [0.5, 0.6) is 0 Å². The molecule has 2 aliphatic rings. The topological polar surface area (TPSA) is 88.1 Å². The van der Waals surface area contributed by atoms with Crippen molar-refractivity contribution in [1.29, 1.82) is 0 Å². The first-order chi connectivity index (χ1) is 8.96. The van der Waals surface area contributed by atoms with E-state index < -0.39 is 11.4 Å². The zero-order valence-corrected chi connectivity index (χ0v) is 11.2. The summed E-state index contributed by atoms with van der Waals surface area (Å²) in [6.45, 7) is 3.25. The summed E-state index contributed by atoms with van der Waals surface area (Å²) in [6.07, 6.45) is 0.336. The van der Waals surface area contributed by atoms with Crippen molar-refractivity contribution in [3.05, 3.63) is 0 Å². The van der Waals surface area contributed by atoms with Crippen LogP contribution in [0.2, 0.25) is 0 Å². The molecule has 2 rings (SSSR count). The fourth-order valence-electron chi connectivity index (χ4n) is 2.46. The van der Waals surface area contributed by atoms with Gasteiger partial charge < -0.3 is 24.8 Å². The summed E-state index contributed by atoms with van der Waals surface area (Å²) >= 11 is 0. The number of carboxylic acids is 1. The Balaban J connectivity index is 1.90. The maximum atomic E-state index is 12.1. The molecule has 7 nitrogen and oxygen atoms in total. The minimum atomic E-state index is -0.859. The molecule has 2 saturated heterocycles. The van der Waals surface area contributed by atoms with Gasteiger partial charge in [0.2, 0.25) is 0 Å². The van der Waals surface area contributed by atoms with E-state index in [9.17, 15) is 9.59 Å². The van der Waals surface area contributed by atoms with Gasteiger partial charge in [-0.3, -0.25) is 4.79 Å². The lowest BCUT2D eigenvalue weighted by Gasteiger charge is -2.24. The first kappa shape index (κ1) is 14.1. The summed E-state index contributed by atoms with van der Waals surface area (Å²) in [6, 6.07) is -0.420.